The minimum atomic E-state index is 0. The third-order valence-electron chi connectivity index (χ3n) is 7.00. The van der Waals surface area contributed by atoms with Crippen molar-refractivity contribution in [1.29, 1.82) is 0 Å². The average molecular weight is 639 g/mol. The van der Waals surface area contributed by atoms with E-state index in [1.165, 1.54) is 7.11 Å². The molecule has 0 aliphatic heterocycles. The highest BCUT2D eigenvalue weighted by molar-refractivity contribution is 5.95. The molecule has 0 bridgehead atoms. The van der Waals surface area contributed by atoms with Crippen molar-refractivity contribution in [1.82, 2.24) is 0 Å². The lowest BCUT2D eigenvalue weighted by molar-refractivity contribution is -0.665. The van der Waals surface area contributed by atoms with Gasteiger partial charge < -0.3 is 52.4 Å². The van der Waals surface area contributed by atoms with Gasteiger partial charge in [0, 0.05) is 29.5 Å². The highest BCUT2D eigenvalue weighted by atomic mass is 127. The zero-order chi connectivity index (χ0) is 27.0. The molecule has 2 heterocycles. The first-order valence-electron chi connectivity index (χ1n) is 12.1. The number of pyridine rings is 1. The number of phenols is 1. The van der Waals surface area contributed by atoms with Crippen molar-refractivity contribution in [2.24, 2.45) is 7.05 Å². The van der Waals surface area contributed by atoms with Crippen molar-refractivity contribution in [3.05, 3.63) is 72.8 Å². The van der Waals surface area contributed by atoms with Crippen molar-refractivity contribution in [3.8, 4) is 62.3 Å². The zero-order valence-electron chi connectivity index (χ0n) is 22.7. The van der Waals surface area contributed by atoms with E-state index in [0.29, 0.717) is 28.4 Å². The molecule has 0 aliphatic carbocycles. The summed E-state index contributed by atoms with van der Waals surface area (Å²) in [6.45, 7) is 1.97. The van der Waals surface area contributed by atoms with Crippen LogP contribution < -0.4 is 47.5 Å². The first-order chi connectivity index (χ1) is 18.4. The molecule has 0 atom stereocenters. The summed E-state index contributed by atoms with van der Waals surface area (Å²) in [6.07, 6.45) is 3.39. The van der Waals surface area contributed by atoms with Crippen molar-refractivity contribution in [2.75, 3.05) is 28.4 Å². The standard InChI is InChI=1S/C31H29NO6.HI/c1-18-28-23(16-27(35-4)31(37-6)29(28)33)14-25(32(18)2)22-13-24(30(36-5)26(15-22)34-3)20-9-7-8-19(12-20)21-10-11-38-17-21;/h7-17H,1-6H3;1H. The molecule has 5 rings (SSSR count). The minimum absolute atomic E-state index is 0. The smallest absolute Gasteiger partial charge is 0.213 e. The number of ether oxygens (including phenoxy) is 4. The fourth-order valence-electron chi connectivity index (χ4n) is 4.98. The van der Waals surface area contributed by atoms with Crippen LogP contribution in [-0.4, -0.2) is 33.5 Å². The van der Waals surface area contributed by atoms with E-state index >= 15 is 0 Å². The van der Waals surface area contributed by atoms with Crippen LogP contribution in [0.25, 0.3) is 44.3 Å². The van der Waals surface area contributed by atoms with Crippen LogP contribution >= 0.6 is 0 Å². The summed E-state index contributed by atoms with van der Waals surface area (Å²) in [7, 11) is 8.31. The summed E-state index contributed by atoms with van der Waals surface area (Å²) >= 11 is 0. The predicted octanol–water partition coefficient (Wildman–Crippen LogP) is 3.31. The first kappa shape index (κ1) is 28.1. The predicted molar refractivity (Wildman–Crippen MR) is 146 cm³/mol. The van der Waals surface area contributed by atoms with Crippen LogP contribution in [0.4, 0.5) is 0 Å². The van der Waals surface area contributed by atoms with E-state index in [2.05, 4.69) is 12.1 Å². The summed E-state index contributed by atoms with van der Waals surface area (Å²) in [5, 5.41) is 12.5. The van der Waals surface area contributed by atoms with E-state index in [-0.39, 0.29) is 29.7 Å². The van der Waals surface area contributed by atoms with E-state index in [1.807, 2.05) is 61.0 Å². The zero-order valence-corrected chi connectivity index (χ0v) is 24.8. The van der Waals surface area contributed by atoms with Gasteiger partial charge in [0.25, 0.3) is 0 Å². The molecule has 0 fully saturated rings. The molecule has 0 amide bonds. The van der Waals surface area contributed by atoms with E-state index in [4.69, 9.17) is 23.4 Å². The highest BCUT2D eigenvalue weighted by Crippen LogP contribution is 2.46. The maximum atomic E-state index is 11.0. The number of benzene rings is 3. The average Bonchev–Trinajstić information content (AvgIpc) is 3.49. The number of aromatic nitrogens is 1. The fourth-order valence-corrected chi connectivity index (χ4v) is 4.98. The molecular formula is C31H30INO6. The second-order valence-electron chi connectivity index (χ2n) is 8.95. The molecule has 3 aromatic carbocycles. The van der Waals surface area contributed by atoms with Crippen molar-refractivity contribution >= 4 is 10.8 Å². The number of rotatable bonds is 7. The number of phenolic OH excluding ortho intramolecular Hbond substituents is 1. The van der Waals surface area contributed by atoms with Gasteiger partial charge in [-0.25, -0.2) is 0 Å². The maximum absolute atomic E-state index is 11.0. The van der Waals surface area contributed by atoms with Crippen LogP contribution in [0.1, 0.15) is 5.69 Å². The molecule has 202 valence electrons. The number of methoxy groups -OCH3 is 4. The summed E-state index contributed by atoms with van der Waals surface area (Å²) in [5.41, 5.74) is 6.61. The molecule has 0 spiro atoms. The Morgan fingerprint density at radius 1 is 0.744 bits per heavy atom. The molecule has 1 N–H and O–H groups in total. The van der Waals surface area contributed by atoms with Gasteiger partial charge in [0.2, 0.25) is 11.4 Å². The van der Waals surface area contributed by atoms with Crippen molar-refractivity contribution in [2.45, 2.75) is 6.92 Å². The lowest BCUT2D eigenvalue weighted by atomic mass is 9.95. The van der Waals surface area contributed by atoms with Gasteiger partial charge >= 0.3 is 0 Å². The van der Waals surface area contributed by atoms with Crippen LogP contribution in [0.2, 0.25) is 0 Å². The van der Waals surface area contributed by atoms with Crippen LogP contribution in [-0.2, 0) is 7.05 Å². The number of aryl methyl sites for hydroxylation is 1. The summed E-state index contributed by atoms with van der Waals surface area (Å²) in [5.74, 6) is 2.07. The monoisotopic (exact) mass is 639 g/mol. The van der Waals surface area contributed by atoms with Gasteiger partial charge in [0.15, 0.2) is 28.7 Å². The molecular weight excluding hydrogens is 609 g/mol. The summed E-state index contributed by atoms with van der Waals surface area (Å²) in [6, 6.07) is 18.1. The second-order valence-corrected chi connectivity index (χ2v) is 8.95. The Kier molecular flexibility index (Phi) is 8.25. The fraction of sp³-hybridized carbons (Fsp3) is 0.194. The van der Waals surface area contributed by atoms with Crippen molar-refractivity contribution < 1.29 is 57.0 Å². The van der Waals surface area contributed by atoms with Crippen LogP contribution in [0.15, 0.2) is 71.5 Å². The Morgan fingerprint density at radius 2 is 1.44 bits per heavy atom. The number of hydrogen-bond acceptors (Lipinski definition) is 6. The topological polar surface area (TPSA) is 74.2 Å². The Balaban J connectivity index is 0.00000353. The van der Waals surface area contributed by atoms with Gasteiger partial charge in [-0.2, -0.15) is 4.57 Å². The van der Waals surface area contributed by atoms with Gasteiger partial charge in [0.05, 0.1) is 51.9 Å². The third kappa shape index (κ3) is 4.85. The minimum Gasteiger partial charge on any atom is -1.00 e. The number of fused-ring (bicyclic) bond motifs is 1. The number of hydrogen-bond donors (Lipinski definition) is 1. The van der Waals surface area contributed by atoms with Gasteiger partial charge in [0.1, 0.15) is 7.05 Å². The molecule has 2 aromatic heterocycles. The second kappa shape index (κ2) is 11.4. The lowest BCUT2D eigenvalue weighted by Crippen LogP contribution is -3.00. The highest BCUT2D eigenvalue weighted by Gasteiger charge is 2.25. The molecule has 39 heavy (non-hydrogen) atoms. The van der Waals surface area contributed by atoms with Gasteiger partial charge in [-0.1, -0.05) is 18.2 Å². The van der Waals surface area contributed by atoms with E-state index in [1.54, 1.807) is 33.9 Å². The SMILES string of the molecule is COc1cc(-c2cc3cc(OC)c(OC)c(O)c3c(C)[n+]2C)cc(-c2cccc(-c3ccoc3)c2)c1OC.[I-]. The van der Waals surface area contributed by atoms with Gasteiger partial charge in [-0.15, -0.1) is 0 Å². The van der Waals surface area contributed by atoms with E-state index < -0.39 is 0 Å². The molecule has 0 saturated carbocycles. The molecule has 5 aromatic rings. The molecule has 0 aliphatic rings. The van der Waals surface area contributed by atoms with Crippen LogP contribution in [0.3, 0.4) is 0 Å². The summed E-state index contributed by atoms with van der Waals surface area (Å²) < 4.78 is 29.9. The van der Waals surface area contributed by atoms with E-state index in [0.717, 1.165) is 44.6 Å². The Morgan fingerprint density at radius 3 is 2.08 bits per heavy atom. The largest absolute Gasteiger partial charge is 1.00 e. The third-order valence-corrected chi connectivity index (χ3v) is 7.00. The van der Waals surface area contributed by atoms with Crippen LogP contribution in [0, 0.1) is 6.92 Å². The Bertz CT molecular complexity index is 1650. The van der Waals surface area contributed by atoms with E-state index in [9.17, 15) is 5.11 Å². The van der Waals surface area contributed by atoms with Crippen molar-refractivity contribution in [3.63, 3.8) is 0 Å². The first-order valence-corrected chi connectivity index (χ1v) is 12.1. The normalized spacial score (nSPS) is 10.7. The Labute approximate surface area is 244 Å². The number of furan rings is 1. The van der Waals surface area contributed by atoms with Gasteiger partial charge in [-0.05, 0) is 41.5 Å². The quantitative estimate of drug-likeness (QED) is 0.218. The molecule has 7 nitrogen and oxygen atoms in total. The molecule has 0 unspecified atom stereocenters. The summed E-state index contributed by atoms with van der Waals surface area (Å²) in [4.78, 5) is 0. The number of nitrogens with zero attached hydrogens (tertiary/aromatic N) is 1. The molecule has 8 heteroatoms. The Hall–Kier alpha value is -3.92. The maximum Gasteiger partial charge on any atom is 0.213 e. The van der Waals surface area contributed by atoms with Crippen LogP contribution in [0.5, 0.6) is 28.7 Å². The molecule has 0 saturated heterocycles. The van der Waals surface area contributed by atoms with Gasteiger partial charge in [-0.3, -0.25) is 0 Å². The lowest BCUT2D eigenvalue weighted by Gasteiger charge is -2.17. The molecule has 0 radical (unpaired) electrons. The number of aromatic hydroxyl groups is 1. The number of halogens is 1.